The van der Waals surface area contributed by atoms with Crippen LogP contribution in [-0.2, 0) is 4.79 Å². The molecule has 0 radical (unpaired) electrons. The first kappa shape index (κ1) is 22.3. The van der Waals surface area contributed by atoms with Crippen LogP contribution in [-0.4, -0.2) is 42.6 Å². The maximum Gasteiger partial charge on any atom is 0.299 e. The molecule has 8 heteroatoms. The van der Waals surface area contributed by atoms with E-state index >= 15 is 0 Å². The second-order valence-corrected chi connectivity index (χ2v) is 8.33. The van der Waals surface area contributed by atoms with Gasteiger partial charge in [-0.05, 0) is 56.9 Å². The number of hydrogen-bond donors (Lipinski definition) is 1. The van der Waals surface area contributed by atoms with Gasteiger partial charge < -0.3 is 10.2 Å². The van der Waals surface area contributed by atoms with Crippen LogP contribution in [0.15, 0.2) is 61.1 Å². The van der Waals surface area contributed by atoms with Gasteiger partial charge >= 0.3 is 0 Å². The predicted molar refractivity (Wildman–Crippen MR) is 132 cm³/mol. The molecule has 0 saturated carbocycles. The fourth-order valence-electron chi connectivity index (χ4n) is 4.52. The molecule has 4 aromatic rings. The number of anilines is 1. The van der Waals surface area contributed by atoms with Gasteiger partial charge in [0.15, 0.2) is 0 Å². The number of amides is 2. The van der Waals surface area contributed by atoms with Gasteiger partial charge in [-0.3, -0.25) is 19.0 Å². The van der Waals surface area contributed by atoms with E-state index in [0.29, 0.717) is 17.9 Å². The molecule has 2 amide bonds. The Balaban J connectivity index is 1.51. The molecule has 1 aromatic carbocycles. The molecule has 1 N–H and O–H groups in total. The molecular formula is C27H24N6O2. The Morgan fingerprint density at radius 1 is 1.09 bits per heavy atom. The van der Waals surface area contributed by atoms with Crippen LogP contribution in [0, 0.1) is 18.8 Å². The number of carbonyl (C=O) groups is 2. The lowest BCUT2D eigenvalue weighted by Crippen LogP contribution is -2.30. The van der Waals surface area contributed by atoms with Crippen LogP contribution in [0.5, 0.6) is 0 Å². The smallest absolute Gasteiger partial charge is 0.299 e. The first-order valence-corrected chi connectivity index (χ1v) is 11.5. The van der Waals surface area contributed by atoms with Crippen molar-refractivity contribution in [2.45, 2.75) is 32.7 Å². The highest BCUT2D eigenvalue weighted by Crippen LogP contribution is 2.35. The molecule has 1 saturated heterocycles. The number of benzene rings is 1. The molecule has 4 heterocycles. The molecule has 0 spiro atoms. The van der Waals surface area contributed by atoms with Crippen molar-refractivity contribution < 1.29 is 9.59 Å². The van der Waals surface area contributed by atoms with Crippen LogP contribution in [0.2, 0.25) is 0 Å². The molecule has 1 fully saturated rings. The van der Waals surface area contributed by atoms with E-state index in [2.05, 4.69) is 27.1 Å². The van der Waals surface area contributed by atoms with Gasteiger partial charge in [0.25, 0.3) is 11.8 Å². The van der Waals surface area contributed by atoms with Crippen molar-refractivity contribution in [3.63, 3.8) is 0 Å². The lowest BCUT2D eigenvalue weighted by molar-refractivity contribution is -0.126. The maximum absolute atomic E-state index is 12.6. The molecule has 1 aliphatic rings. The van der Waals surface area contributed by atoms with Crippen molar-refractivity contribution >= 4 is 23.1 Å². The second-order valence-electron chi connectivity index (χ2n) is 8.33. The van der Waals surface area contributed by atoms with Crippen molar-refractivity contribution in [2.24, 2.45) is 0 Å². The quantitative estimate of drug-likeness (QED) is 0.460. The molecular weight excluding hydrogens is 440 g/mol. The summed E-state index contributed by atoms with van der Waals surface area (Å²) in [6, 6.07) is 12.5. The third-order valence-electron chi connectivity index (χ3n) is 6.14. The van der Waals surface area contributed by atoms with E-state index in [9.17, 15) is 9.59 Å². The minimum Gasteiger partial charge on any atom is -0.322 e. The number of fused-ring (bicyclic) bond motifs is 1. The van der Waals surface area contributed by atoms with E-state index in [1.165, 1.54) is 0 Å². The van der Waals surface area contributed by atoms with Gasteiger partial charge in [0.2, 0.25) is 0 Å². The summed E-state index contributed by atoms with van der Waals surface area (Å²) in [5.74, 6) is 6.25. The summed E-state index contributed by atoms with van der Waals surface area (Å²) in [6.07, 6.45) is 6.98. The number of pyridine rings is 1. The highest BCUT2D eigenvalue weighted by molar-refractivity contribution is 6.04. The van der Waals surface area contributed by atoms with Crippen LogP contribution >= 0.6 is 0 Å². The zero-order valence-electron chi connectivity index (χ0n) is 19.5. The van der Waals surface area contributed by atoms with Crippen LogP contribution in [0.1, 0.15) is 47.7 Å². The van der Waals surface area contributed by atoms with Crippen LogP contribution in [0.25, 0.3) is 16.8 Å². The standard InChI is InChI=1S/C27H24N6O2/c1-3-7-23(34)32-16-6-8-21(32)26-31-24(25-18(2)28-15-17-33(25)26)19-10-12-20(13-11-19)27(35)30-22-9-4-5-14-29-22/h4-5,9-15,17,21H,6,8,16H2,1-2H3,(H,29,30,35)/t21-/m0/s1. The van der Waals surface area contributed by atoms with Crippen molar-refractivity contribution in [2.75, 3.05) is 11.9 Å². The Morgan fingerprint density at radius 3 is 2.66 bits per heavy atom. The zero-order chi connectivity index (χ0) is 24.4. The highest BCUT2D eigenvalue weighted by atomic mass is 16.2. The lowest BCUT2D eigenvalue weighted by Gasteiger charge is -2.21. The molecule has 1 aliphatic heterocycles. The van der Waals surface area contributed by atoms with Crippen LogP contribution in [0.3, 0.4) is 0 Å². The molecule has 174 valence electrons. The predicted octanol–water partition coefficient (Wildman–Crippen LogP) is 4.04. The van der Waals surface area contributed by atoms with Gasteiger partial charge in [-0.1, -0.05) is 24.1 Å². The molecule has 3 aromatic heterocycles. The Labute approximate surface area is 203 Å². The topological polar surface area (TPSA) is 92.5 Å². The molecule has 8 nitrogen and oxygen atoms in total. The van der Waals surface area contributed by atoms with Gasteiger partial charge in [0.05, 0.1) is 22.9 Å². The van der Waals surface area contributed by atoms with Crippen molar-refractivity contribution in [3.05, 3.63) is 78.1 Å². The largest absolute Gasteiger partial charge is 0.322 e. The zero-order valence-corrected chi connectivity index (χ0v) is 19.5. The first-order valence-electron chi connectivity index (χ1n) is 11.5. The summed E-state index contributed by atoms with van der Waals surface area (Å²) in [5, 5.41) is 2.79. The summed E-state index contributed by atoms with van der Waals surface area (Å²) in [4.78, 5) is 40.7. The van der Waals surface area contributed by atoms with Crippen molar-refractivity contribution in [1.82, 2.24) is 24.3 Å². The Bertz CT molecular complexity index is 1460. The number of hydrogen-bond acceptors (Lipinski definition) is 5. The number of carbonyl (C=O) groups excluding carboxylic acids is 2. The number of imidazole rings is 1. The number of nitrogens with zero attached hydrogens (tertiary/aromatic N) is 5. The summed E-state index contributed by atoms with van der Waals surface area (Å²) in [5.41, 5.74) is 3.87. The summed E-state index contributed by atoms with van der Waals surface area (Å²) in [6.45, 7) is 4.27. The van der Waals surface area contributed by atoms with E-state index in [-0.39, 0.29) is 17.9 Å². The van der Waals surface area contributed by atoms with Gasteiger partial charge in [-0.2, -0.15) is 0 Å². The monoisotopic (exact) mass is 464 g/mol. The Hall–Kier alpha value is -4.51. The van der Waals surface area contributed by atoms with Gasteiger partial charge in [0.1, 0.15) is 11.6 Å². The second kappa shape index (κ2) is 9.39. The molecule has 0 aliphatic carbocycles. The summed E-state index contributed by atoms with van der Waals surface area (Å²) >= 11 is 0. The molecule has 1 atom stereocenters. The Kier molecular flexibility index (Phi) is 5.98. The number of rotatable bonds is 4. The maximum atomic E-state index is 12.6. The van der Waals surface area contributed by atoms with Gasteiger partial charge in [-0.25, -0.2) is 9.97 Å². The highest BCUT2D eigenvalue weighted by Gasteiger charge is 2.33. The summed E-state index contributed by atoms with van der Waals surface area (Å²) in [7, 11) is 0. The molecule has 5 rings (SSSR count). The molecule has 35 heavy (non-hydrogen) atoms. The third kappa shape index (κ3) is 4.24. The van der Waals surface area contributed by atoms with Crippen molar-refractivity contribution in [3.8, 4) is 23.1 Å². The van der Waals surface area contributed by atoms with E-state index in [4.69, 9.17) is 4.98 Å². The fraction of sp³-hybridized carbons (Fsp3) is 0.222. The number of likely N-dealkylation sites (tertiary alicyclic amines) is 1. The van der Waals surface area contributed by atoms with E-state index in [0.717, 1.165) is 41.1 Å². The lowest BCUT2D eigenvalue weighted by atomic mass is 10.1. The van der Waals surface area contributed by atoms with E-state index < -0.39 is 0 Å². The average Bonchev–Trinajstić information content (AvgIpc) is 3.51. The fourth-order valence-corrected chi connectivity index (χ4v) is 4.52. The first-order chi connectivity index (χ1) is 17.1. The average molecular weight is 465 g/mol. The third-order valence-corrected chi connectivity index (χ3v) is 6.14. The minimum absolute atomic E-state index is 0.158. The molecule has 0 bridgehead atoms. The minimum atomic E-state index is -0.236. The normalized spacial score (nSPS) is 15.0. The van der Waals surface area contributed by atoms with Crippen molar-refractivity contribution in [1.29, 1.82) is 0 Å². The van der Waals surface area contributed by atoms with Gasteiger partial charge in [-0.15, -0.1) is 0 Å². The van der Waals surface area contributed by atoms with Crippen LogP contribution < -0.4 is 5.32 Å². The SMILES string of the molecule is CC#CC(=O)N1CCC[C@H]1c1nc(-c2ccc(C(=O)Nc3ccccn3)cc2)c2c(C)nccn12. The van der Waals surface area contributed by atoms with E-state index in [1.54, 1.807) is 48.5 Å². The van der Waals surface area contributed by atoms with Crippen LogP contribution in [0.4, 0.5) is 5.82 Å². The summed E-state index contributed by atoms with van der Waals surface area (Å²) < 4.78 is 2.02. The molecule has 0 unspecified atom stereocenters. The number of aromatic nitrogens is 4. The Morgan fingerprint density at radius 2 is 1.91 bits per heavy atom. The number of nitrogens with one attached hydrogen (secondary N) is 1. The van der Waals surface area contributed by atoms with Gasteiger partial charge in [0, 0.05) is 36.3 Å². The number of aryl methyl sites for hydroxylation is 1. The van der Waals surface area contributed by atoms with E-state index in [1.807, 2.05) is 35.7 Å².